The van der Waals surface area contributed by atoms with Crippen LogP contribution in [0.5, 0.6) is 0 Å². The number of nitrogens with one attached hydrogen (secondary N) is 5. The predicted octanol–water partition coefficient (Wildman–Crippen LogP) is -3.11. The normalized spacial score (nSPS) is 13.4. The molecule has 9 N–H and O–H groups in total. The third-order valence-corrected chi connectivity index (χ3v) is 4.42. The number of carbonyl (C=O) groups is 5. The fourth-order valence-electron chi connectivity index (χ4n) is 2.82. The van der Waals surface area contributed by atoms with Crippen molar-refractivity contribution in [1.29, 1.82) is 0 Å². The van der Waals surface area contributed by atoms with Gasteiger partial charge in [0.25, 0.3) is 0 Å². The van der Waals surface area contributed by atoms with E-state index in [0.717, 1.165) is 0 Å². The second kappa shape index (κ2) is 11.9. The molecule has 0 spiro atoms. The summed E-state index contributed by atoms with van der Waals surface area (Å²) in [6, 6.07) is -4.23. The zero-order valence-corrected chi connectivity index (χ0v) is 17.3. The van der Waals surface area contributed by atoms with E-state index in [2.05, 4.69) is 35.9 Å². The second-order valence-corrected chi connectivity index (χ2v) is 6.94. The Balaban J connectivity index is 2.14. The number of aromatic amines is 2. The molecule has 178 valence electrons. The first-order chi connectivity index (χ1) is 15.7. The summed E-state index contributed by atoms with van der Waals surface area (Å²) < 4.78 is 0. The first-order valence-electron chi connectivity index (χ1n) is 9.68. The Bertz CT molecular complexity index is 961. The van der Waals surface area contributed by atoms with Crippen molar-refractivity contribution in [1.82, 2.24) is 35.9 Å². The quantitative estimate of drug-likeness (QED) is 0.148. The van der Waals surface area contributed by atoms with Crippen molar-refractivity contribution >= 4 is 29.7 Å². The molecule has 3 unspecified atom stereocenters. The van der Waals surface area contributed by atoms with Gasteiger partial charge in [0.15, 0.2) is 0 Å². The molecule has 0 aliphatic carbocycles. The molecule has 0 saturated heterocycles. The number of nitrogens with zero attached hydrogens (tertiary/aromatic N) is 2. The molecule has 15 heteroatoms. The average molecular weight is 464 g/mol. The molecule has 0 aromatic carbocycles. The standard InChI is InChI=1S/C18H24N8O7/c19-4-14(27)24-11(1-9-5-20-7-22-9)16(30)25-12(3-15(28)29)17(31)26-13(18(32)33)2-10-6-21-8-23-10/h5-8,11-13H,1-4,19H2,(H,20,22)(H,21,23)(H,24,27)(H,25,30)(H,26,31)(H,28,29)(H,32,33). The maximum atomic E-state index is 12.8. The lowest BCUT2D eigenvalue weighted by Crippen LogP contribution is -2.57. The van der Waals surface area contributed by atoms with Crippen molar-refractivity contribution in [2.24, 2.45) is 5.73 Å². The lowest BCUT2D eigenvalue weighted by Gasteiger charge is -2.23. The minimum absolute atomic E-state index is 0.0451. The molecule has 0 aliphatic heterocycles. The van der Waals surface area contributed by atoms with E-state index in [4.69, 9.17) is 10.8 Å². The van der Waals surface area contributed by atoms with E-state index < -0.39 is 60.8 Å². The van der Waals surface area contributed by atoms with E-state index in [-0.39, 0.29) is 12.8 Å². The molecule has 2 aromatic rings. The summed E-state index contributed by atoms with van der Waals surface area (Å²) in [7, 11) is 0. The van der Waals surface area contributed by atoms with Gasteiger partial charge < -0.3 is 41.9 Å². The van der Waals surface area contributed by atoms with E-state index in [0.29, 0.717) is 11.4 Å². The van der Waals surface area contributed by atoms with Crippen LogP contribution in [-0.4, -0.2) is 84.5 Å². The van der Waals surface area contributed by atoms with Gasteiger partial charge in [0.2, 0.25) is 17.7 Å². The Morgan fingerprint density at radius 2 is 1.36 bits per heavy atom. The highest BCUT2D eigenvalue weighted by molar-refractivity contribution is 5.95. The van der Waals surface area contributed by atoms with E-state index in [9.17, 15) is 29.1 Å². The highest BCUT2D eigenvalue weighted by Crippen LogP contribution is 2.04. The van der Waals surface area contributed by atoms with Gasteiger partial charge in [-0.1, -0.05) is 0 Å². The lowest BCUT2D eigenvalue weighted by atomic mass is 10.1. The van der Waals surface area contributed by atoms with Crippen LogP contribution in [0.3, 0.4) is 0 Å². The number of hydrogen-bond acceptors (Lipinski definition) is 8. The first kappa shape index (κ1) is 25.0. The van der Waals surface area contributed by atoms with Crippen molar-refractivity contribution in [2.45, 2.75) is 37.4 Å². The monoisotopic (exact) mass is 464 g/mol. The van der Waals surface area contributed by atoms with E-state index >= 15 is 0 Å². The molecule has 3 amide bonds. The van der Waals surface area contributed by atoms with Gasteiger partial charge in [-0.25, -0.2) is 14.8 Å². The van der Waals surface area contributed by atoms with Gasteiger partial charge in [-0.15, -0.1) is 0 Å². The van der Waals surface area contributed by atoms with Crippen molar-refractivity contribution in [3.63, 3.8) is 0 Å². The maximum Gasteiger partial charge on any atom is 0.326 e. The van der Waals surface area contributed by atoms with E-state index in [1.165, 1.54) is 25.0 Å². The number of aliphatic carboxylic acids is 2. The van der Waals surface area contributed by atoms with Crippen LogP contribution < -0.4 is 21.7 Å². The SMILES string of the molecule is NCC(=O)NC(Cc1cnc[nH]1)C(=O)NC(CC(=O)O)C(=O)NC(Cc1cnc[nH]1)C(=O)O. The van der Waals surface area contributed by atoms with E-state index in [1.54, 1.807) is 0 Å². The minimum atomic E-state index is -1.61. The first-order valence-corrected chi connectivity index (χ1v) is 9.68. The molecular weight excluding hydrogens is 440 g/mol. The van der Waals surface area contributed by atoms with Crippen molar-refractivity contribution in [3.05, 3.63) is 36.4 Å². The summed E-state index contributed by atoms with van der Waals surface area (Å²) in [6.07, 6.45) is 4.47. The Kier molecular flexibility index (Phi) is 9.05. The third-order valence-electron chi connectivity index (χ3n) is 4.42. The maximum absolute atomic E-state index is 12.8. The number of amides is 3. The molecule has 0 fully saturated rings. The highest BCUT2D eigenvalue weighted by Gasteiger charge is 2.31. The second-order valence-electron chi connectivity index (χ2n) is 6.94. The molecule has 0 radical (unpaired) electrons. The van der Waals surface area contributed by atoms with Gasteiger partial charge >= 0.3 is 11.9 Å². The Morgan fingerprint density at radius 3 is 1.82 bits per heavy atom. The number of aromatic nitrogens is 4. The van der Waals surface area contributed by atoms with Gasteiger partial charge in [0.05, 0.1) is 25.6 Å². The summed E-state index contributed by atoms with van der Waals surface area (Å²) in [5.74, 6) is -5.33. The van der Waals surface area contributed by atoms with Crippen molar-refractivity contribution in [2.75, 3.05) is 6.54 Å². The third kappa shape index (κ3) is 8.06. The predicted molar refractivity (Wildman–Crippen MR) is 109 cm³/mol. The summed E-state index contributed by atoms with van der Waals surface area (Å²) >= 11 is 0. The molecule has 0 saturated carbocycles. The minimum Gasteiger partial charge on any atom is -0.481 e. The van der Waals surface area contributed by atoms with Gasteiger partial charge in [0.1, 0.15) is 18.1 Å². The Labute approximate surface area is 186 Å². The van der Waals surface area contributed by atoms with Crippen LogP contribution in [0.25, 0.3) is 0 Å². The van der Waals surface area contributed by atoms with Crippen LogP contribution in [0.2, 0.25) is 0 Å². The molecule has 15 nitrogen and oxygen atoms in total. The Morgan fingerprint density at radius 1 is 0.848 bits per heavy atom. The smallest absolute Gasteiger partial charge is 0.326 e. The van der Waals surface area contributed by atoms with Crippen LogP contribution in [0.15, 0.2) is 25.0 Å². The molecule has 33 heavy (non-hydrogen) atoms. The number of hydrogen-bond donors (Lipinski definition) is 8. The van der Waals surface area contributed by atoms with Crippen molar-refractivity contribution in [3.8, 4) is 0 Å². The van der Waals surface area contributed by atoms with Crippen LogP contribution >= 0.6 is 0 Å². The molecule has 2 heterocycles. The van der Waals surface area contributed by atoms with Gasteiger partial charge in [-0.05, 0) is 0 Å². The summed E-state index contributed by atoms with van der Waals surface area (Å²) in [4.78, 5) is 73.0. The number of carbonyl (C=O) groups excluding carboxylic acids is 3. The van der Waals surface area contributed by atoms with E-state index in [1.807, 2.05) is 0 Å². The fraction of sp³-hybridized carbons (Fsp3) is 0.389. The van der Waals surface area contributed by atoms with Gasteiger partial charge in [-0.3, -0.25) is 19.2 Å². The zero-order valence-electron chi connectivity index (χ0n) is 17.3. The number of H-pyrrole nitrogens is 2. The molecule has 0 aliphatic rings. The number of nitrogens with two attached hydrogens (primary N) is 1. The van der Waals surface area contributed by atoms with Crippen LogP contribution in [-0.2, 0) is 36.8 Å². The van der Waals surface area contributed by atoms with Gasteiger partial charge in [-0.2, -0.15) is 0 Å². The van der Waals surface area contributed by atoms with Gasteiger partial charge in [0, 0.05) is 36.6 Å². The van der Waals surface area contributed by atoms with Crippen LogP contribution in [0.4, 0.5) is 0 Å². The number of rotatable bonds is 13. The fourth-order valence-corrected chi connectivity index (χ4v) is 2.82. The summed E-state index contributed by atoms with van der Waals surface area (Å²) in [5, 5.41) is 25.4. The lowest BCUT2D eigenvalue weighted by molar-refractivity contribution is -0.143. The average Bonchev–Trinajstić information content (AvgIpc) is 3.45. The summed E-state index contributed by atoms with van der Waals surface area (Å²) in [6.45, 7) is -0.403. The Hall–Kier alpha value is -4.27. The van der Waals surface area contributed by atoms with Crippen LogP contribution in [0, 0.1) is 0 Å². The highest BCUT2D eigenvalue weighted by atomic mass is 16.4. The number of carboxylic acids is 2. The topological polar surface area (TPSA) is 245 Å². The molecule has 0 bridgehead atoms. The number of carboxylic acid groups (broad SMARTS) is 2. The number of imidazole rings is 2. The molecular formula is C18H24N8O7. The van der Waals surface area contributed by atoms with Crippen LogP contribution in [0.1, 0.15) is 17.8 Å². The van der Waals surface area contributed by atoms with Crippen molar-refractivity contribution < 1.29 is 34.2 Å². The molecule has 2 rings (SSSR count). The zero-order chi connectivity index (χ0) is 24.4. The summed E-state index contributed by atoms with van der Waals surface area (Å²) in [5.41, 5.74) is 6.18. The largest absolute Gasteiger partial charge is 0.481 e. The molecule has 3 atom stereocenters. The molecule has 2 aromatic heterocycles.